The van der Waals surface area contributed by atoms with Gasteiger partial charge in [-0.25, -0.2) is 0 Å². The summed E-state index contributed by atoms with van der Waals surface area (Å²) < 4.78 is 5.26. The van der Waals surface area contributed by atoms with Crippen molar-refractivity contribution in [2.24, 2.45) is 4.99 Å². The van der Waals surface area contributed by atoms with Crippen LogP contribution in [0.15, 0.2) is 29.4 Å². The van der Waals surface area contributed by atoms with E-state index < -0.39 is 0 Å². The average molecular weight is 180 g/mol. The third-order valence-electron chi connectivity index (χ3n) is 1.98. The lowest BCUT2D eigenvalue weighted by atomic mass is 10.3. The summed E-state index contributed by atoms with van der Waals surface area (Å²) in [7, 11) is 1.76. The van der Waals surface area contributed by atoms with Gasteiger partial charge < -0.3 is 9.64 Å². The normalized spacial score (nSPS) is 19.5. The molecule has 0 radical (unpaired) electrons. The topological polar surface area (TPSA) is 24.8 Å². The maximum absolute atomic E-state index is 5.26. The average Bonchev–Trinajstić information content (AvgIpc) is 2.21. The van der Waals surface area contributed by atoms with Crippen molar-refractivity contribution in [2.45, 2.75) is 0 Å². The molecule has 1 fully saturated rings. The number of hydrogen-bond acceptors (Lipinski definition) is 3. The molecule has 0 atom stereocenters. The Balaban J connectivity index is 2.58. The van der Waals surface area contributed by atoms with E-state index in [2.05, 4.69) is 16.5 Å². The van der Waals surface area contributed by atoms with Crippen LogP contribution < -0.4 is 0 Å². The molecular weight excluding hydrogens is 164 g/mol. The molecule has 1 heterocycles. The highest BCUT2D eigenvalue weighted by atomic mass is 16.5. The van der Waals surface area contributed by atoms with Crippen molar-refractivity contribution in [1.82, 2.24) is 4.90 Å². The van der Waals surface area contributed by atoms with Gasteiger partial charge in [0.2, 0.25) is 0 Å². The molecule has 3 heteroatoms. The molecule has 3 nitrogen and oxygen atoms in total. The zero-order valence-electron chi connectivity index (χ0n) is 8.07. The highest BCUT2D eigenvalue weighted by Gasteiger charge is 2.10. The van der Waals surface area contributed by atoms with Crippen molar-refractivity contribution in [2.75, 3.05) is 33.4 Å². The summed E-state index contributed by atoms with van der Waals surface area (Å²) in [6.45, 7) is 7.26. The van der Waals surface area contributed by atoms with Gasteiger partial charge in [-0.05, 0) is 12.2 Å². The molecular formula is C10H16N2O. The van der Waals surface area contributed by atoms with Crippen LogP contribution in [-0.4, -0.2) is 44.5 Å². The van der Waals surface area contributed by atoms with E-state index in [1.165, 1.54) is 0 Å². The van der Waals surface area contributed by atoms with Gasteiger partial charge in [-0.1, -0.05) is 6.58 Å². The molecule has 1 rings (SSSR count). The quantitative estimate of drug-likeness (QED) is 0.480. The lowest BCUT2D eigenvalue weighted by molar-refractivity contribution is 0.0555. The lowest BCUT2D eigenvalue weighted by Gasteiger charge is -2.29. The van der Waals surface area contributed by atoms with Crippen LogP contribution in [0.5, 0.6) is 0 Å². The Morgan fingerprint density at radius 2 is 2.15 bits per heavy atom. The standard InChI is InChI=1S/C10H16N2O/c1-3-10(4-5-11-2)12-6-8-13-9-7-12/h3-5H,1,6-9H2,2H3/b10-4+,11-5+. The molecule has 0 aliphatic carbocycles. The Labute approximate surface area is 79.4 Å². The second-order valence-corrected chi connectivity index (χ2v) is 2.80. The molecule has 1 aliphatic heterocycles. The highest BCUT2D eigenvalue weighted by molar-refractivity contribution is 5.72. The molecule has 0 unspecified atom stereocenters. The van der Waals surface area contributed by atoms with Crippen LogP contribution in [0.25, 0.3) is 0 Å². The van der Waals surface area contributed by atoms with E-state index in [4.69, 9.17) is 4.74 Å². The van der Waals surface area contributed by atoms with Crippen LogP contribution in [0.1, 0.15) is 0 Å². The van der Waals surface area contributed by atoms with Crippen molar-refractivity contribution < 1.29 is 4.74 Å². The first-order valence-electron chi connectivity index (χ1n) is 4.46. The minimum absolute atomic E-state index is 0.800. The van der Waals surface area contributed by atoms with Crippen LogP contribution in [0.3, 0.4) is 0 Å². The third-order valence-corrected chi connectivity index (χ3v) is 1.98. The molecule has 0 aromatic rings. The Hall–Kier alpha value is -1.09. The fraction of sp³-hybridized carbons (Fsp3) is 0.500. The number of rotatable bonds is 3. The number of morpholine rings is 1. The molecule has 1 aliphatic rings. The molecule has 0 aromatic heterocycles. The molecule has 1 saturated heterocycles. The molecule has 0 amide bonds. The molecule has 0 spiro atoms. The smallest absolute Gasteiger partial charge is 0.0642 e. The van der Waals surface area contributed by atoms with Crippen LogP contribution in [0.2, 0.25) is 0 Å². The van der Waals surface area contributed by atoms with Crippen LogP contribution in [-0.2, 0) is 4.74 Å². The fourth-order valence-corrected chi connectivity index (χ4v) is 1.28. The van der Waals surface area contributed by atoms with E-state index in [-0.39, 0.29) is 0 Å². The monoisotopic (exact) mass is 180 g/mol. The minimum Gasteiger partial charge on any atom is -0.378 e. The van der Waals surface area contributed by atoms with Gasteiger partial charge in [0.1, 0.15) is 0 Å². The van der Waals surface area contributed by atoms with Gasteiger partial charge in [-0.3, -0.25) is 4.99 Å². The highest BCUT2D eigenvalue weighted by Crippen LogP contribution is 2.07. The molecule has 13 heavy (non-hydrogen) atoms. The zero-order chi connectivity index (χ0) is 9.52. The summed E-state index contributed by atoms with van der Waals surface area (Å²) in [5.74, 6) is 0. The second kappa shape index (κ2) is 5.54. The van der Waals surface area contributed by atoms with E-state index in [0.29, 0.717) is 0 Å². The third kappa shape index (κ3) is 3.03. The van der Waals surface area contributed by atoms with Gasteiger partial charge in [0.05, 0.1) is 13.2 Å². The first kappa shape index (κ1) is 9.99. The lowest BCUT2D eigenvalue weighted by Crippen LogP contribution is -2.35. The maximum Gasteiger partial charge on any atom is 0.0642 e. The molecule has 0 aromatic carbocycles. The van der Waals surface area contributed by atoms with Gasteiger partial charge in [-0.2, -0.15) is 0 Å². The Morgan fingerprint density at radius 3 is 2.69 bits per heavy atom. The van der Waals surface area contributed by atoms with Crippen molar-refractivity contribution in [3.8, 4) is 0 Å². The molecule has 72 valence electrons. The van der Waals surface area contributed by atoms with E-state index >= 15 is 0 Å². The van der Waals surface area contributed by atoms with Crippen molar-refractivity contribution in [3.63, 3.8) is 0 Å². The van der Waals surface area contributed by atoms with E-state index in [0.717, 1.165) is 32.0 Å². The summed E-state index contributed by atoms with van der Waals surface area (Å²) in [6.07, 6.45) is 5.61. The largest absolute Gasteiger partial charge is 0.378 e. The Kier molecular flexibility index (Phi) is 4.26. The summed E-state index contributed by atoms with van der Waals surface area (Å²) in [5.41, 5.74) is 1.12. The number of nitrogens with zero attached hydrogens (tertiary/aromatic N) is 2. The molecule has 0 N–H and O–H groups in total. The maximum atomic E-state index is 5.26. The molecule has 0 saturated carbocycles. The van der Waals surface area contributed by atoms with Gasteiger partial charge in [0.25, 0.3) is 0 Å². The van der Waals surface area contributed by atoms with Gasteiger partial charge >= 0.3 is 0 Å². The van der Waals surface area contributed by atoms with Crippen molar-refractivity contribution in [1.29, 1.82) is 0 Å². The van der Waals surface area contributed by atoms with Crippen LogP contribution in [0, 0.1) is 0 Å². The first-order chi connectivity index (χ1) is 6.38. The predicted molar refractivity (Wildman–Crippen MR) is 55.1 cm³/mol. The van der Waals surface area contributed by atoms with Crippen LogP contribution in [0.4, 0.5) is 0 Å². The van der Waals surface area contributed by atoms with Gasteiger partial charge in [0.15, 0.2) is 0 Å². The number of aliphatic imine (C=N–C) groups is 1. The summed E-state index contributed by atoms with van der Waals surface area (Å²) in [5, 5.41) is 0. The summed E-state index contributed by atoms with van der Waals surface area (Å²) in [6, 6.07) is 0. The zero-order valence-corrected chi connectivity index (χ0v) is 8.07. The Bertz CT molecular complexity index is 215. The predicted octanol–water partition coefficient (Wildman–Crippen LogP) is 1.09. The van der Waals surface area contributed by atoms with Gasteiger partial charge in [0, 0.05) is 32.0 Å². The summed E-state index contributed by atoms with van der Waals surface area (Å²) in [4.78, 5) is 6.16. The van der Waals surface area contributed by atoms with E-state index in [9.17, 15) is 0 Å². The van der Waals surface area contributed by atoms with E-state index in [1.807, 2.05) is 12.2 Å². The van der Waals surface area contributed by atoms with Crippen LogP contribution >= 0.6 is 0 Å². The van der Waals surface area contributed by atoms with E-state index in [1.54, 1.807) is 13.3 Å². The Morgan fingerprint density at radius 1 is 1.46 bits per heavy atom. The minimum atomic E-state index is 0.800. The van der Waals surface area contributed by atoms with Crippen molar-refractivity contribution in [3.05, 3.63) is 24.4 Å². The fourth-order valence-electron chi connectivity index (χ4n) is 1.28. The van der Waals surface area contributed by atoms with Gasteiger partial charge in [-0.15, -0.1) is 0 Å². The second-order valence-electron chi connectivity index (χ2n) is 2.80. The first-order valence-corrected chi connectivity index (χ1v) is 4.46. The summed E-state index contributed by atoms with van der Waals surface area (Å²) >= 11 is 0. The van der Waals surface area contributed by atoms with Crippen molar-refractivity contribution >= 4 is 6.21 Å². The SMILES string of the molecule is C=C/C(=C\C=N\C)N1CCOCC1. The number of hydrogen-bond donors (Lipinski definition) is 0. The number of allylic oxidation sites excluding steroid dienone is 2. The molecule has 0 bridgehead atoms. The number of ether oxygens (including phenoxy) is 1.